The Morgan fingerprint density at radius 3 is 2.84 bits per heavy atom. The van der Waals surface area contributed by atoms with Gasteiger partial charge in [-0.15, -0.1) is 0 Å². The van der Waals surface area contributed by atoms with E-state index in [-0.39, 0.29) is 29.5 Å². The standard InChI is InChI=1S/C15H12ClFN6O2/c16-10-7-8(17)1-2-9(10)15(25)20-4-3-11(24)21-14-12-13(22-23-14)19-6-5-18-12/h1-2,5-7H,3-4H2,(H,20,25)(H2,19,21,22,23,24). The van der Waals surface area contributed by atoms with E-state index in [9.17, 15) is 14.0 Å². The largest absolute Gasteiger partial charge is 0.351 e. The molecule has 0 saturated heterocycles. The lowest BCUT2D eigenvalue weighted by atomic mass is 10.2. The van der Waals surface area contributed by atoms with Crippen molar-refractivity contribution in [2.45, 2.75) is 6.42 Å². The number of aromatic nitrogens is 4. The SMILES string of the molecule is O=C(CCNC(=O)c1ccc(F)cc1Cl)Nc1[nH]nc2nccnc12. The molecule has 0 bridgehead atoms. The Morgan fingerprint density at radius 1 is 1.24 bits per heavy atom. The van der Waals surface area contributed by atoms with E-state index in [4.69, 9.17) is 11.6 Å². The van der Waals surface area contributed by atoms with E-state index in [0.29, 0.717) is 17.0 Å². The molecule has 128 valence electrons. The van der Waals surface area contributed by atoms with Crippen LogP contribution in [0.15, 0.2) is 30.6 Å². The molecule has 3 N–H and O–H groups in total. The van der Waals surface area contributed by atoms with Crippen LogP contribution in [0.1, 0.15) is 16.8 Å². The van der Waals surface area contributed by atoms with Crippen molar-refractivity contribution in [1.82, 2.24) is 25.5 Å². The molecule has 0 aliphatic carbocycles. The van der Waals surface area contributed by atoms with Crippen molar-refractivity contribution in [2.24, 2.45) is 0 Å². The summed E-state index contributed by atoms with van der Waals surface area (Å²) < 4.78 is 13.0. The van der Waals surface area contributed by atoms with Gasteiger partial charge in [0.1, 0.15) is 5.82 Å². The van der Waals surface area contributed by atoms with E-state index >= 15 is 0 Å². The molecule has 2 aromatic heterocycles. The highest BCUT2D eigenvalue weighted by Crippen LogP contribution is 2.17. The second-order valence-corrected chi connectivity index (χ2v) is 5.41. The van der Waals surface area contributed by atoms with Crippen LogP contribution in [0.3, 0.4) is 0 Å². The maximum absolute atomic E-state index is 13.0. The molecule has 0 saturated carbocycles. The van der Waals surface area contributed by atoms with Crippen LogP contribution in [-0.4, -0.2) is 38.5 Å². The number of fused-ring (bicyclic) bond motifs is 1. The second-order valence-electron chi connectivity index (χ2n) is 5.01. The monoisotopic (exact) mass is 362 g/mol. The number of carbonyl (C=O) groups excluding carboxylic acids is 2. The Hall–Kier alpha value is -3.07. The number of aromatic amines is 1. The Bertz CT molecular complexity index is 945. The Morgan fingerprint density at radius 2 is 2.04 bits per heavy atom. The first-order valence-electron chi connectivity index (χ1n) is 7.23. The highest BCUT2D eigenvalue weighted by atomic mass is 35.5. The summed E-state index contributed by atoms with van der Waals surface area (Å²) in [5.74, 6) is -1.03. The first-order valence-corrected chi connectivity index (χ1v) is 7.60. The van der Waals surface area contributed by atoms with Gasteiger partial charge < -0.3 is 10.6 Å². The molecule has 0 radical (unpaired) electrons. The molecule has 3 rings (SSSR count). The fourth-order valence-corrected chi connectivity index (χ4v) is 2.35. The van der Waals surface area contributed by atoms with Crippen LogP contribution in [0, 0.1) is 5.82 Å². The van der Waals surface area contributed by atoms with Gasteiger partial charge in [-0.05, 0) is 18.2 Å². The molecule has 0 fully saturated rings. The summed E-state index contributed by atoms with van der Waals surface area (Å²) in [6, 6.07) is 3.47. The van der Waals surface area contributed by atoms with Crippen LogP contribution >= 0.6 is 11.6 Å². The molecule has 0 atom stereocenters. The highest BCUT2D eigenvalue weighted by molar-refractivity contribution is 6.33. The molecular weight excluding hydrogens is 351 g/mol. The number of amides is 2. The molecule has 8 nitrogen and oxygen atoms in total. The molecule has 25 heavy (non-hydrogen) atoms. The Kier molecular flexibility index (Phi) is 4.85. The van der Waals surface area contributed by atoms with E-state index in [1.807, 2.05) is 0 Å². The average Bonchev–Trinajstić information content (AvgIpc) is 2.98. The number of hydrogen-bond acceptors (Lipinski definition) is 5. The third kappa shape index (κ3) is 3.89. The number of rotatable bonds is 5. The van der Waals surface area contributed by atoms with Crippen molar-refractivity contribution in [3.05, 3.63) is 47.0 Å². The summed E-state index contributed by atoms with van der Waals surface area (Å²) in [7, 11) is 0. The van der Waals surface area contributed by atoms with Crippen molar-refractivity contribution in [3.63, 3.8) is 0 Å². The van der Waals surface area contributed by atoms with Gasteiger partial charge in [0.05, 0.1) is 10.6 Å². The number of carbonyl (C=O) groups is 2. The minimum Gasteiger partial charge on any atom is -0.351 e. The number of anilines is 1. The van der Waals surface area contributed by atoms with Gasteiger partial charge in [0.15, 0.2) is 11.3 Å². The number of nitrogens with zero attached hydrogens (tertiary/aromatic N) is 3. The summed E-state index contributed by atoms with van der Waals surface area (Å²) in [6.45, 7) is 0.0795. The van der Waals surface area contributed by atoms with E-state index in [1.165, 1.54) is 18.5 Å². The molecule has 0 spiro atoms. The van der Waals surface area contributed by atoms with Gasteiger partial charge in [0.2, 0.25) is 11.6 Å². The lowest BCUT2D eigenvalue weighted by Crippen LogP contribution is -2.28. The maximum atomic E-state index is 13.0. The summed E-state index contributed by atoms with van der Waals surface area (Å²) in [5.41, 5.74) is 0.966. The molecule has 10 heteroatoms. The number of H-pyrrole nitrogens is 1. The highest BCUT2D eigenvalue weighted by Gasteiger charge is 2.13. The predicted molar refractivity (Wildman–Crippen MR) is 88.7 cm³/mol. The fourth-order valence-electron chi connectivity index (χ4n) is 2.10. The molecule has 2 amide bonds. The topological polar surface area (TPSA) is 113 Å². The lowest BCUT2D eigenvalue weighted by Gasteiger charge is -2.07. The second kappa shape index (κ2) is 7.22. The third-order valence-corrected chi connectivity index (χ3v) is 3.58. The normalized spacial score (nSPS) is 10.6. The van der Waals surface area contributed by atoms with Crippen LogP contribution in [0.5, 0.6) is 0 Å². The predicted octanol–water partition coefficient (Wildman–Crippen LogP) is 1.90. The quantitative estimate of drug-likeness (QED) is 0.641. The van der Waals surface area contributed by atoms with Gasteiger partial charge in [-0.3, -0.25) is 14.7 Å². The third-order valence-electron chi connectivity index (χ3n) is 3.27. The van der Waals surface area contributed by atoms with Gasteiger partial charge in [-0.25, -0.2) is 14.4 Å². The smallest absolute Gasteiger partial charge is 0.252 e. The zero-order valence-electron chi connectivity index (χ0n) is 12.7. The van der Waals surface area contributed by atoms with Crippen molar-refractivity contribution in [1.29, 1.82) is 0 Å². The summed E-state index contributed by atoms with van der Waals surface area (Å²) in [6.07, 6.45) is 3.00. The van der Waals surface area contributed by atoms with Crippen molar-refractivity contribution < 1.29 is 14.0 Å². The van der Waals surface area contributed by atoms with Gasteiger partial charge in [0, 0.05) is 25.4 Å². The summed E-state index contributed by atoms with van der Waals surface area (Å²) in [5, 5.41) is 11.7. The lowest BCUT2D eigenvalue weighted by molar-refractivity contribution is -0.116. The number of nitrogens with one attached hydrogen (secondary N) is 3. The first kappa shape index (κ1) is 16.8. The Labute approximate surface area is 145 Å². The summed E-state index contributed by atoms with van der Waals surface area (Å²) in [4.78, 5) is 32.0. The van der Waals surface area contributed by atoms with Crippen LogP contribution < -0.4 is 10.6 Å². The molecule has 1 aromatic carbocycles. The van der Waals surface area contributed by atoms with Gasteiger partial charge >= 0.3 is 0 Å². The Balaban J connectivity index is 1.53. The average molecular weight is 363 g/mol. The van der Waals surface area contributed by atoms with Crippen molar-refractivity contribution in [2.75, 3.05) is 11.9 Å². The van der Waals surface area contributed by atoms with E-state index in [1.54, 1.807) is 0 Å². The fraction of sp³-hybridized carbons (Fsp3) is 0.133. The zero-order valence-corrected chi connectivity index (χ0v) is 13.5. The van der Waals surface area contributed by atoms with E-state index < -0.39 is 11.7 Å². The molecule has 0 aliphatic heterocycles. The zero-order chi connectivity index (χ0) is 17.8. The van der Waals surface area contributed by atoms with Crippen molar-refractivity contribution >= 4 is 40.4 Å². The molecular formula is C15H12ClFN6O2. The number of halogens is 2. The number of hydrogen-bond donors (Lipinski definition) is 3. The van der Waals surface area contributed by atoms with Crippen LogP contribution in [0.4, 0.5) is 10.2 Å². The van der Waals surface area contributed by atoms with Crippen LogP contribution in [0.25, 0.3) is 11.2 Å². The van der Waals surface area contributed by atoms with E-state index in [2.05, 4.69) is 30.8 Å². The van der Waals surface area contributed by atoms with Crippen LogP contribution in [-0.2, 0) is 4.79 Å². The molecule has 2 heterocycles. The minimum atomic E-state index is -0.532. The van der Waals surface area contributed by atoms with Crippen molar-refractivity contribution in [3.8, 4) is 0 Å². The van der Waals surface area contributed by atoms with E-state index in [0.717, 1.165) is 12.1 Å². The molecule has 3 aromatic rings. The minimum absolute atomic E-state index is 0.00413. The van der Waals surface area contributed by atoms with Gasteiger partial charge in [0.25, 0.3) is 5.91 Å². The van der Waals surface area contributed by atoms with Gasteiger partial charge in [-0.1, -0.05) is 11.6 Å². The van der Waals surface area contributed by atoms with Crippen LogP contribution in [0.2, 0.25) is 5.02 Å². The maximum Gasteiger partial charge on any atom is 0.252 e. The summed E-state index contributed by atoms with van der Waals surface area (Å²) >= 11 is 5.81. The number of benzene rings is 1. The first-order chi connectivity index (χ1) is 12.0. The molecule has 0 unspecified atom stereocenters. The molecule has 0 aliphatic rings. The van der Waals surface area contributed by atoms with Gasteiger partial charge in [-0.2, -0.15) is 5.10 Å².